The van der Waals surface area contributed by atoms with Gasteiger partial charge in [0.15, 0.2) is 0 Å². The monoisotopic (exact) mass is 281 g/mol. The standard InChI is InChI=1S/C16H31N3O/c1-16(18-2,15(17)20)10-6-12-19-11-5-9-14(19)13-7-3-4-8-13/h13-14,18H,3-12H2,1-2H3,(H2,17,20). The number of carbonyl (C=O) groups is 1. The maximum atomic E-state index is 11.5. The molecule has 0 aromatic carbocycles. The number of nitrogens with zero attached hydrogens (tertiary/aromatic N) is 1. The zero-order valence-corrected chi connectivity index (χ0v) is 13.2. The molecule has 1 saturated heterocycles. The molecule has 1 amide bonds. The molecule has 116 valence electrons. The minimum absolute atomic E-state index is 0.242. The number of primary amides is 1. The van der Waals surface area contributed by atoms with Crippen LogP contribution in [0.4, 0.5) is 0 Å². The number of hydrogen-bond acceptors (Lipinski definition) is 3. The lowest BCUT2D eigenvalue weighted by molar-refractivity contribution is -0.123. The highest BCUT2D eigenvalue weighted by molar-refractivity contribution is 5.84. The number of amides is 1. The normalized spacial score (nSPS) is 27.8. The molecule has 2 unspecified atom stereocenters. The molecule has 2 rings (SSSR count). The quantitative estimate of drug-likeness (QED) is 0.749. The Labute approximate surface area is 123 Å². The van der Waals surface area contributed by atoms with E-state index in [1.165, 1.54) is 45.1 Å². The van der Waals surface area contributed by atoms with Crippen molar-refractivity contribution in [2.24, 2.45) is 11.7 Å². The van der Waals surface area contributed by atoms with Gasteiger partial charge in [-0.2, -0.15) is 0 Å². The maximum Gasteiger partial charge on any atom is 0.237 e. The molecule has 0 bridgehead atoms. The summed E-state index contributed by atoms with van der Waals surface area (Å²) < 4.78 is 0. The third kappa shape index (κ3) is 3.53. The number of likely N-dealkylation sites (N-methyl/N-ethyl adjacent to an activating group) is 1. The lowest BCUT2D eigenvalue weighted by atomic mass is 9.93. The maximum absolute atomic E-state index is 11.5. The molecule has 1 heterocycles. The Morgan fingerprint density at radius 3 is 2.60 bits per heavy atom. The number of carbonyl (C=O) groups excluding carboxylic acids is 1. The second-order valence-corrected chi connectivity index (χ2v) is 6.84. The Bertz CT molecular complexity index is 328. The minimum Gasteiger partial charge on any atom is -0.368 e. The second kappa shape index (κ2) is 6.90. The number of nitrogens with one attached hydrogen (secondary N) is 1. The molecule has 2 fully saturated rings. The molecular weight excluding hydrogens is 250 g/mol. The van der Waals surface area contributed by atoms with Crippen LogP contribution >= 0.6 is 0 Å². The summed E-state index contributed by atoms with van der Waals surface area (Å²) in [5.41, 5.74) is 4.93. The summed E-state index contributed by atoms with van der Waals surface area (Å²) >= 11 is 0. The van der Waals surface area contributed by atoms with Crippen LogP contribution in [0.25, 0.3) is 0 Å². The van der Waals surface area contributed by atoms with Gasteiger partial charge in [0.25, 0.3) is 0 Å². The minimum atomic E-state index is -0.553. The van der Waals surface area contributed by atoms with Crippen LogP contribution < -0.4 is 11.1 Å². The first kappa shape index (κ1) is 15.8. The van der Waals surface area contributed by atoms with Crippen molar-refractivity contribution in [2.75, 3.05) is 20.1 Å². The smallest absolute Gasteiger partial charge is 0.237 e. The SMILES string of the molecule is CNC(C)(CCCN1CCCC1C1CCCC1)C(N)=O. The highest BCUT2D eigenvalue weighted by Gasteiger charge is 2.34. The molecule has 2 atom stereocenters. The average Bonchev–Trinajstić information content (AvgIpc) is 3.08. The number of likely N-dealkylation sites (tertiary alicyclic amines) is 1. The Hall–Kier alpha value is -0.610. The molecule has 0 spiro atoms. The zero-order valence-electron chi connectivity index (χ0n) is 13.2. The van der Waals surface area contributed by atoms with Crippen molar-refractivity contribution in [3.63, 3.8) is 0 Å². The number of nitrogens with two attached hydrogens (primary N) is 1. The summed E-state index contributed by atoms with van der Waals surface area (Å²) in [5.74, 6) is 0.693. The average molecular weight is 281 g/mol. The highest BCUT2D eigenvalue weighted by Crippen LogP contribution is 2.35. The van der Waals surface area contributed by atoms with Crippen LogP contribution in [-0.4, -0.2) is 42.5 Å². The van der Waals surface area contributed by atoms with Gasteiger partial charge >= 0.3 is 0 Å². The van der Waals surface area contributed by atoms with Crippen molar-refractivity contribution in [2.45, 2.75) is 69.9 Å². The van der Waals surface area contributed by atoms with E-state index < -0.39 is 5.54 Å². The Morgan fingerprint density at radius 1 is 1.30 bits per heavy atom. The van der Waals surface area contributed by atoms with Crippen LogP contribution in [0.2, 0.25) is 0 Å². The molecule has 4 nitrogen and oxygen atoms in total. The fraction of sp³-hybridized carbons (Fsp3) is 0.938. The molecule has 4 heteroatoms. The van der Waals surface area contributed by atoms with Crippen LogP contribution in [0, 0.1) is 5.92 Å². The molecular formula is C16H31N3O. The van der Waals surface area contributed by atoms with Gasteiger partial charge in [-0.15, -0.1) is 0 Å². The third-order valence-electron chi connectivity index (χ3n) is 5.58. The van der Waals surface area contributed by atoms with Crippen molar-refractivity contribution in [1.29, 1.82) is 0 Å². The highest BCUT2D eigenvalue weighted by atomic mass is 16.1. The van der Waals surface area contributed by atoms with E-state index in [1.807, 2.05) is 14.0 Å². The summed E-state index contributed by atoms with van der Waals surface area (Å²) in [5, 5.41) is 3.08. The van der Waals surface area contributed by atoms with Crippen LogP contribution in [0.1, 0.15) is 58.3 Å². The molecule has 20 heavy (non-hydrogen) atoms. The van der Waals surface area contributed by atoms with Gasteiger partial charge in [0, 0.05) is 6.04 Å². The summed E-state index contributed by atoms with van der Waals surface area (Å²) in [6.45, 7) is 4.27. The van der Waals surface area contributed by atoms with Gasteiger partial charge in [0.2, 0.25) is 5.91 Å². The van der Waals surface area contributed by atoms with Crippen molar-refractivity contribution in [3.05, 3.63) is 0 Å². The van der Waals surface area contributed by atoms with Gasteiger partial charge in [-0.3, -0.25) is 4.79 Å². The van der Waals surface area contributed by atoms with Crippen molar-refractivity contribution >= 4 is 5.91 Å². The first-order chi connectivity index (χ1) is 9.57. The van der Waals surface area contributed by atoms with E-state index in [9.17, 15) is 4.79 Å². The van der Waals surface area contributed by atoms with Crippen LogP contribution in [0.3, 0.4) is 0 Å². The van der Waals surface area contributed by atoms with Gasteiger partial charge in [0.05, 0.1) is 5.54 Å². The van der Waals surface area contributed by atoms with E-state index in [2.05, 4.69) is 10.2 Å². The first-order valence-electron chi connectivity index (χ1n) is 8.30. The number of hydrogen-bond donors (Lipinski definition) is 2. The summed E-state index contributed by atoms with van der Waals surface area (Å²) in [7, 11) is 1.82. The lowest BCUT2D eigenvalue weighted by Crippen LogP contribution is -2.51. The van der Waals surface area contributed by atoms with Gasteiger partial charge in [0.1, 0.15) is 0 Å². The van der Waals surface area contributed by atoms with E-state index >= 15 is 0 Å². The second-order valence-electron chi connectivity index (χ2n) is 6.84. The van der Waals surface area contributed by atoms with E-state index in [4.69, 9.17) is 5.73 Å². The fourth-order valence-corrected chi connectivity index (χ4v) is 4.01. The third-order valence-corrected chi connectivity index (χ3v) is 5.58. The first-order valence-corrected chi connectivity index (χ1v) is 8.30. The summed E-state index contributed by atoms with van der Waals surface area (Å²) in [4.78, 5) is 14.2. The summed E-state index contributed by atoms with van der Waals surface area (Å²) in [6, 6.07) is 0.812. The zero-order chi connectivity index (χ0) is 14.6. The van der Waals surface area contributed by atoms with Gasteiger partial charge in [-0.1, -0.05) is 12.8 Å². The molecule has 0 aromatic rings. The van der Waals surface area contributed by atoms with Crippen molar-refractivity contribution < 1.29 is 4.79 Å². The molecule has 0 radical (unpaired) electrons. The molecule has 1 saturated carbocycles. The number of rotatable bonds is 7. The van der Waals surface area contributed by atoms with Crippen LogP contribution in [-0.2, 0) is 4.79 Å². The topological polar surface area (TPSA) is 58.4 Å². The predicted octanol–water partition coefficient (Wildman–Crippen LogP) is 1.88. The Kier molecular flexibility index (Phi) is 5.44. The van der Waals surface area contributed by atoms with Crippen molar-refractivity contribution in [3.8, 4) is 0 Å². The fourth-order valence-electron chi connectivity index (χ4n) is 4.01. The van der Waals surface area contributed by atoms with Crippen LogP contribution in [0.15, 0.2) is 0 Å². The molecule has 1 aliphatic heterocycles. The molecule has 2 aliphatic rings. The van der Waals surface area contributed by atoms with Crippen molar-refractivity contribution in [1.82, 2.24) is 10.2 Å². The Balaban J connectivity index is 1.79. The van der Waals surface area contributed by atoms with Crippen LogP contribution in [0.5, 0.6) is 0 Å². The lowest BCUT2D eigenvalue weighted by Gasteiger charge is -2.31. The van der Waals surface area contributed by atoms with Gasteiger partial charge in [-0.25, -0.2) is 0 Å². The molecule has 3 N–H and O–H groups in total. The van der Waals surface area contributed by atoms with E-state index in [-0.39, 0.29) is 5.91 Å². The Morgan fingerprint density at radius 2 is 2.00 bits per heavy atom. The summed E-state index contributed by atoms with van der Waals surface area (Å²) in [6.07, 6.45) is 10.3. The van der Waals surface area contributed by atoms with Gasteiger partial charge in [-0.05, 0) is 71.5 Å². The van der Waals surface area contributed by atoms with Gasteiger partial charge < -0.3 is 16.0 Å². The van der Waals surface area contributed by atoms with E-state index in [0.29, 0.717) is 0 Å². The predicted molar refractivity (Wildman–Crippen MR) is 82.4 cm³/mol. The molecule has 1 aliphatic carbocycles. The van der Waals surface area contributed by atoms with E-state index in [0.717, 1.165) is 31.3 Å². The largest absolute Gasteiger partial charge is 0.368 e. The van der Waals surface area contributed by atoms with E-state index in [1.54, 1.807) is 0 Å². The molecule has 0 aromatic heterocycles.